The molecule has 0 spiro atoms. The highest BCUT2D eigenvalue weighted by Crippen LogP contribution is 2.10. The minimum atomic E-state index is -2.69. The third-order valence-electron chi connectivity index (χ3n) is 1.52. The van der Waals surface area contributed by atoms with E-state index in [1.165, 1.54) is 12.1 Å². The van der Waals surface area contributed by atoms with Crippen molar-refractivity contribution in [3.63, 3.8) is 0 Å². The van der Waals surface area contributed by atoms with E-state index in [1.807, 2.05) is 0 Å². The molecule has 0 radical (unpaired) electrons. The highest BCUT2D eigenvalue weighted by atomic mass is 32.2. The van der Waals surface area contributed by atoms with Gasteiger partial charge in [0.1, 0.15) is 12.1 Å². The van der Waals surface area contributed by atoms with Gasteiger partial charge >= 0.3 is 0 Å². The topological polar surface area (TPSA) is 66.4 Å². The van der Waals surface area contributed by atoms with Gasteiger partial charge in [-0.15, -0.1) is 0 Å². The van der Waals surface area contributed by atoms with Gasteiger partial charge in [0.15, 0.2) is 0 Å². The number of halogens is 1. The van der Waals surface area contributed by atoms with Crippen molar-refractivity contribution < 1.29 is 22.1 Å². The standard InChI is InChI=1S/C8H7FO4S/c9-8-2-1-6(4-10)3-7(8)5-13-14(11)12/h1-4H,5H2,(H,11,12)/p-1. The summed E-state index contributed by atoms with van der Waals surface area (Å²) in [6, 6.07) is 3.60. The average molecular weight is 217 g/mol. The molecule has 0 aliphatic rings. The molecule has 14 heavy (non-hydrogen) atoms. The van der Waals surface area contributed by atoms with Crippen molar-refractivity contribution in [3.8, 4) is 0 Å². The molecular weight excluding hydrogens is 211 g/mol. The lowest BCUT2D eigenvalue weighted by molar-refractivity contribution is 0.112. The average Bonchev–Trinajstić information content (AvgIpc) is 2.16. The van der Waals surface area contributed by atoms with Crippen LogP contribution < -0.4 is 0 Å². The molecule has 0 fully saturated rings. The van der Waals surface area contributed by atoms with Gasteiger partial charge in [0.25, 0.3) is 0 Å². The zero-order chi connectivity index (χ0) is 10.6. The van der Waals surface area contributed by atoms with Gasteiger partial charge in [-0.1, -0.05) is 0 Å². The zero-order valence-corrected chi connectivity index (χ0v) is 7.75. The molecule has 0 heterocycles. The summed E-state index contributed by atoms with van der Waals surface area (Å²) in [5.41, 5.74) is 0.292. The zero-order valence-electron chi connectivity index (χ0n) is 6.94. The number of benzene rings is 1. The number of carbonyl (C=O) groups is 1. The molecule has 1 rings (SSSR count). The van der Waals surface area contributed by atoms with Gasteiger partial charge in [-0.3, -0.25) is 8.98 Å². The van der Waals surface area contributed by atoms with Crippen molar-refractivity contribution in [1.29, 1.82) is 0 Å². The first-order valence-corrected chi connectivity index (χ1v) is 4.59. The Morgan fingerprint density at radius 2 is 2.29 bits per heavy atom. The first kappa shape index (κ1) is 11.0. The van der Waals surface area contributed by atoms with Crippen molar-refractivity contribution in [2.45, 2.75) is 6.61 Å². The summed E-state index contributed by atoms with van der Waals surface area (Å²) in [4.78, 5) is 10.3. The molecular formula is C8H6FO4S-. The second-order valence-electron chi connectivity index (χ2n) is 2.44. The fraction of sp³-hybridized carbons (Fsp3) is 0.125. The maximum atomic E-state index is 13.0. The molecule has 0 aliphatic carbocycles. The van der Waals surface area contributed by atoms with Crippen molar-refractivity contribution in [2.75, 3.05) is 0 Å². The van der Waals surface area contributed by atoms with Crippen LogP contribution in [0, 0.1) is 5.82 Å². The van der Waals surface area contributed by atoms with Crippen LogP contribution in [0.3, 0.4) is 0 Å². The summed E-state index contributed by atoms with van der Waals surface area (Å²) >= 11 is -2.69. The number of carbonyl (C=O) groups excluding carboxylic acids is 1. The van der Waals surface area contributed by atoms with E-state index in [0.717, 1.165) is 6.07 Å². The number of hydrogen-bond donors (Lipinski definition) is 0. The molecule has 0 bridgehead atoms. The molecule has 0 saturated carbocycles. The first-order chi connectivity index (χ1) is 6.63. The maximum Gasteiger partial charge on any atom is 0.150 e. The lowest BCUT2D eigenvalue weighted by atomic mass is 10.1. The van der Waals surface area contributed by atoms with Crippen LogP contribution in [0.2, 0.25) is 0 Å². The van der Waals surface area contributed by atoms with Gasteiger partial charge in [-0.05, 0) is 18.2 Å². The number of rotatable bonds is 4. The van der Waals surface area contributed by atoms with Gasteiger partial charge in [0.05, 0.1) is 18.0 Å². The predicted octanol–water partition coefficient (Wildman–Crippen LogP) is 0.949. The number of hydrogen-bond acceptors (Lipinski definition) is 4. The van der Waals surface area contributed by atoms with Crippen molar-refractivity contribution >= 4 is 17.6 Å². The van der Waals surface area contributed by atoms with Crippen LogP contribution in [-0.4, -0.2) is 15.0 Å². The second-order valence-corrected chi connectivity index (χ2v) is 3.08. The number of aldehydes is 1. The molecule has 1 atom stereocenters. The molecule has 0 aromatic heterocycles. The largest absolute Gasteiger partial charge is 0.750 e. The van der Waals surface area contributed by atoms with Crippen molar-refractivity contribution in [1.82, 2.24) is 0 Å². The van der Waals surface area contributed by atoms with E-state index >= 15 is 0 Å². The fourth-order valence-corrected chi connectivity index (χ4v) is 1.11. The monoisotopic (exact) mass is 217 g/mol. The summed E-state index contributed by atoms with van der Waals surface area (Å²) < 4.78 is 37.2. The molecule has 1 aromatic carbocycles. The Hall–Kier alpha value is -1.11. The lowest BCUT2D eigenvalue weighted by Crippen LogP contribution is -1.99. The van der Waals surface area contributed by atoms with Crippen LogP contribution in [0.5, 0.6) is 0 Å². The van der Waals surface area contributed by atoms with Crippen molar-refractivity contribution in [3.05, 3.63) is 35.1 Å². The quantitative estimate of drug-likeness (QED) is 0.556. The molecule has 76 valence electrons. The van der Waals surface area contributed by atoms with Crippen LogP contribution in [0.4, 0.5) is 4.39 Å². The molecule has 0 amide bonds. The van der Waals surface area contributed by atoms with Gasteiger partial charge in [0, 0.05) is 11.1 Å². The third-order valence-corrected chi connectivity index (χ3v) is 1.83. The van der Waals surface area contributed by atoms with E-state index < -0.39 is 23.8 Å². The fourth-order valence-electron chi connectivity index (χ4n) is 0.890. The highest BCUT2D eigenvalue weighted by Gasteiger charge is 2.03. The molecule has 1 unspecified atom stereocenters. The van der Waals surface area contributed by atoms with Crippen LogP contribution in [0.25, 0.3) is 0 Å². The van der Waals surface area contributed by atoms with E-state index in [-0.39, 0.29) is 11.1 Å². The summed E-state index contributed by atoms with van der Waals surface area (Å²) in [6.07, 6.45) is 0.539. The highest BCUT2D eigenvalue weighted by molar-refractivity contribution is 7.74. The third kappa shape index (κ3) is 2.99. The Bertz CT molecular complexity index is 366. The van der Waals surface area contributed by atoms with Gasteiger partial charge in [0.2, 0.25) is 0 Å². The van der Waals surface area contributed by atoms with Crippen LogP contribution in [0.1, 0.15) is 15.9 Å². The van der Waals surface area contributed by atoms with Gasteiger partial charge < -0.3 is 4.55 Å². The molecule has 0 saturated heterocycles. The second kappa shape index (κ2) is 4.94. The maximum absolute atomic E-state index is 13.0. The van der Waals surface area contributed by atoms with Crippen molar-refractivity contribution in [2.24, 2.45) is 0 Å². The molecule has 6 heteroatoms. The van der Waals surface area contributed by atoms with E-state index in [1.54, 1.807) is 0 Å². The van der Waals surface area contributed by atoms with E-state index in [2.05, 4.69) is 4.18 Å². The lowest BCUT2D eigenvalue weighted by Gasteiger charge is -2.06. The Labute approximate surface area is 82.2 Å². The summed E-state index contributed by atoms with van der Waals surface area (Å²) in [5, 5.41) is 0. The Morgan fingerprint density at radius 3 is 2.86 bits per heavy atom. The summed E-state index contributed by atoms with van der Waals surface area (Å²) in [5.74, 6) is -0.610. The van der Waals surface area contributed by atoms with Crippen LogP contribution >= 0.6 is 0 Å². The Kier molecular flexibility index (Phi) is 3.87. The van der Waals surface area contributed by atoms with Crippen LogP contribution in [0.15, 0.2) is 18.2 Å². The SMILES string of the molecule is O=Cc1ccc(F)c(COS(=O)[O-])c1. The normalized spacial score (nSPS) is 12.4. The molecule has 1 aromatic rings. The first-order valence-electron chi connectivity index (χ1n) is 3.59. The minimum Gasteiger partial charge on any atom is -0.750 e. The summed E-state index contributed by atoms with van der Waals surface area (Å²) in [7, 11) is 0. The summed E-state index contributed by atoms with van der Waals surface area (Å²) in [6.45, 7) is -0.413. The van der Waals surface area contributed by atoms with E-state index in [0.29, 0.717) is 6.29 Å². The Balaban J connectivity index is 2.83. The minimum absolute atomic E-state index is 0.0267. The molecule has 0 aliphatic heterocycles. The molecule has 0 N–H and O–H groups in total. The van der Waals surface area contributed by atoms with Crippen LogP contribution in [-0.2, 0) is 22.2 Å². The van der Waals surface area contributed by atoms with E-state index in [9.17, 15) is 17.9 Å². The predicted molar refractivity (Wildman–Crippen MR) is 45.5 cm³/mol. The molecule has 4 nitrogen and oxygen atoms in total. The van der Waals surface area contributed by atoms with Gasteiger partial charge in [-0.2, -0.15) is 0 Å². The van der Waals surface area contributed by atoms with Gasteiger partial charge in [-0.25, -0.2) is 8.60 Å². The smallest absolute Gasteiger partial charge is 0.150 e. The Morgan fingerprint density at radius 1 is 1.57 bits per heavy atom. The van der Waals surface area contributed by atoms with E-state index in [4.69, 9.17) is 0 Å².